The first kappa shape index (κ1) is 23.9. The van der Waals surface area contributed by atoms with Gasteiger partial charge >= 0.3 is 0 Å². The van der Waals surface area contributed by atoms with E-state index in [0.29, 0.717) is 18.1 Å². The maximum atomic E-state index is 10.4. The van der Waals surface area contributed by atoms with Gasteiger partial charge in [-0.05, 0) is 50.7 Å². The zero-order chi connectivity index (χ0) is 19.9. The number of aliphatic hydroxyl groups is 1. The van der Waals surface area contributed by atoms with Crippen LogP contribution in [-0.2, 0) is 6.42 Å². The number of nitrogens with zero attached hydrogens (tertiary/aromatic N) is 2. The van der Waals surface area contributed by atoms with Crippen LogP contribution in [0.25, 0.3) is 0 Å². The molecule has 1 saturated heterocycles. The molecule has 2 heterocycles. The highest BCUT2D eigenvalue weighted by molar-refractivity contribution is 14.0. The molecule has 0 spiro atoms. The van der Waals surface area contributed by atoms with Crippen molar-refractivity contribution in [2.75, 3.05) is 19.6 Å². The van der Waals surface area contributed by atoms with E-state index in [9.17, 15) is 5.11 Å². The molecule has 1 aromatic heterocycles. The van der Waals surface area contributed by atoms with Gasteiger partial charge in [-0.3, -0.25) is 9.89 Å². The summed E-state index contributed by atoms with van der Waals surface area (Å²) in [5, 5.41) is 17.8. The minimum Gasteiger partial charge on any atom is -0.469 e. The summed E-state index contributed by atoms with van der Waals surface area (Å²) in [7, 11) is 0. The van der Waals surface area contributed by atoms with Crippen molar-refractivity contribution in [1.82, 2.24) is 15.5 Å². The number of halogens is 1. The maximum Gasteiger partial charge on any atom is 0.191 e. The third-order valence-electron chi connectivity index (χ3n) is 6.94. The third kappa shape index (κ3) is 6.85. The van der Waals surface area contributed by atoms with Crippen LogP contribution in [0.15, 0.2) is 27.8 Å². The summed E-state index contributed by atoms with van der Waals surface area (Å²) in [5.41, 5.74) is 0. The zero-order valence-electron chi connectivity index (χ0n) is 18.1. The SMILES string of the molecule is I.OC1CCCCC1N1CCC(NC(=NCCc2ccco2)NC2CCCC2)CC1. The summed E-state index contributed by atoms with van der Waals surface area (Å²) in [5.74, 6) is 1.97. The Morgan fingerprint density at radius 1 is 1.00 bits per heavy atom. The second-order valence-electron chi connectivity index (χ2n) is 9.06. The Hall–Kier alpha value is -0.800. The van der Waals surface area contributed by atoms with Gasteiger partial charge in [0.1, 0.15) is 5.76 Å². The Morgan fingerprint density at radius 3 is 2.33 bits per heavy atom. The second kappa shape index (κ2) is 12.3. The fourth-order valence-corrected chi connectivity index (χ4v) is 5.22. The molecular formula is C23H39IN4O2. The standard InChI is InChI=1S/C23H38N4O2.HI/c28-22-10-4-3-9-21(22)27-15-12-19(13-16-27)26-23(25-18-6-1-2-7-18)24-14-11-20-8-5-17-29-20;/h5,8,17-19,21-22,28H,1-4,6-7,9-16H2,(H2,24,25,26);1H. The number of piperidine rings is 1. The number of furan rings is 1. The van der Waals surface area contributed by atoms with Crippen LogP contribution >= 0.6 is 24.0 Å². The van der Waals surface area contributed by atoms with Crippen LogP contribution in [0.3, 0.4) is 0 Å². The molecular weight excluding hydrogens is 491 g/mol. The molecule has 6 nitrogen and oxygen atoms in total. The molecule has 3 aliphatic rings. The van der Waals surface area contributed by atoms with Crippen molar-refractivity contribution in [3.05, 3.63) is 24.2 Å². The summed E-state index contributed by atoms with van der Waals surface area (Å²) < 4.78 is 5.44. The van der Waals surface area contributed by atoms with Gasteiger partial charge in [-0.15, -0.1) is 24.0 Å². The molecule has 2 saturated carbocycles. The highest BCUT2D eigenvalue weighted by Crippen LogP contribution is 2.26. The van der Waals surface area contributed by atoms with Gasteiger partial charge in [0, 0.05) is 44.2 Å². The van der Waals surface area contributed by atoms with Crippen molar-refractivity contribution in [2.45, 2.75) is 94.9 Å². The van der Waals surface area contributed by atoms with Crippen molar-refractivity contribution in [1.29, 1.82) is 0 Å². The molecule has 0 radical (unpaired) electrons. The number of aliphatic imine (C=N–C) groups is 1. The highest BCUT2D eigenvalue weighted by atomic mass is 127. The van der Waals surface area contributed by atoms with Gasteiger partial charge in [-0.1, -0.05) is 25.7 Å². The van der Waals surface area contributed by atoms with Crippen molar-refractivity contribution < 1.29 is 9.52 Å². The summed E-state index contributed by atoms with van der Waals surface area (Å²) in [6, 6.07) is 5.35. The van der Waals surface area contributed by atoms with E-state index in [2.05, 4.69) is 15.5 Å². The van der Waals surface area contributed by atoms with E-state index in [-0.39, 0.29) is 30.1 Å². The molecule has 2 unspecified atom stereocenters. The average Bonchev–Trinajstić information content (AvgIpc) is 3.43. The molecule has 1 aromatic rings. The van der Waals surface area contributed by atoms with Crippen molar-refractivity contribution in [3.63, 3.8) is 0 Å². The minimum absolute atomic E-state index is 0. The number of rotatable bonds is 6. The van der Waals surface area contributed by atoms with Crippen LogP contribution in [0, 0.1) is 0 Å². The smallest absolute Gasteiger partial charge is 0.191 e. The molecule has 3 fully saturated rings. The minimum atomic E-state index is -0.129. The van der Waals surface area contributed by atoms with Crippen LogP contribution < -0.4 is 10.6 Å². The lowest BCUT2D eigenvalue weighted by Gasteiger charge is -2.42. The van der Waals surface area contributed by atoms with Crippen LogP contribution in [0.4, 0.5) is 0 Å². The van der Waals surface area contributed by atoms with Crippen LogP contribution in [-0.4, -0.2) is 59.8 Å². The number of hydrogen-bond donors (Lipinski definition) is 3. The highest BCUT2D eigenvalue weighted by Gasteiger charge is 2.31. The third-order valence-corrected chi connectivity index (χ3v) is 6.94. The molecule has 4 rings (SSSR count). The monoisotopic (exact) mass is 530 g/mol. The number of nitrogens with one attached hydrogen (secondary N) is 2. The fourth-order valence-electron chi connectivity index (χ4n) is 5.22. The average molecular weight is 530 g/mol. The number of aliphatic hydroxyl groups excluding tert-OH is 1. The van der Waals surface area contributed by atoms with Crippen molar-refractivity contribution in [3.8, 4) is 0 Å². The van der Waals surface area contributed by atoms with Crippen LogP contribution in [0.1, 0.15) is 70.0 Å². The second-order valence-corrected chi connectivity index (χ2v) is 9.06. The molecule has 30 heavy (non-hydrogen) atoms. The summed E-state index contributed by atoms with van der Waals surface area (Å²) in [4.78, 5) is 7.39. The van der Waals surface area contributed by atoms with Gasteiger partial charge < -0.3 is 20.2 Å². The van der Waals surface area contributed by atoms with E-state index in [1.54, 1.807) is 6.26 Å². The fraction of sp³-hybridized carbons (Fsp3) is 0.783. The Balaban J connectivity index is 0.00000256. The van der Waals surface area contributed by atoms with Crippen LogP contribution in [0.2, 0.25) is 0 Å². The van der Waals surface area contributed by atoms with E-state index in [0.717, 1.165) is 63.5 Å². The lowest BCUT2D eigenvalue weighted by atomic mass is 9.89. The molecule has 3 N–H and O–H groups in total. The molecule has 0 bridgehead atoms. The normalized spacial score (nSPS) is 27.0. The Labute approximate surface area is 198 Å². The van der Waals surface area contributed by atoms with Crippen molar-refractivity contribution in [2.24, 2.45) is 4.99 Å². The first-order valence-electron chi connectivity index (χ1n) is 11.8. The van der Waals surface area contributed by atoms with E-state index in [1.165, 1.54) is 38.5 Å². The molecule has 0 amide bonds. The molecule has 0 aromatic carbocycles. The quantitative estimate of drug-likeness (QED) is 0.297. The molecule has 2 atom stereocenters. The molecule has 2 aliphatic carbocycles. The lowest BCUT2D eigenvalue weighted by molar-refractivity contribution is 0.00809. The Bertz CT molecular complexity index is 625. The van der Waals surface area contributed by atoms with E-state index in [4.69, 9.17) is 9.41 Å². The maximum absolute atomic E-state index is 10.4. The van der Waals surface area contributed by atoms with E-state index in [1.807, 2.05) is 12.1 Å². The predicted octanol–water partition coefficient (Wildman–Crippen LogP) is 3.69. The van der Waals surface area contributed by atoms with Gasteiger partial charge in [-0.2, -0.15) is 0 Å². The van der Waals surface area contributed by atoms with Gasteiger partial charge in [0.25, 0.3) is 0 Å². The first-order valence-corrected chi connectivity index (χ1v) is 11.8. The number of guanidine groups is 1. The first-order chi connectivity index (χ1) is 14.3. The van der Waals surface area contributed by atoms with E-state index >= 15 is 0 Å². The van der Waals surface area contributed by atoms with E-state index < -0.39 is 0 Å². The Kier molecular flexibility index (Phi) is 9.77. The number of hydrogen-bond acceptors (Lipinski definition) is 4. The summed E-state index contributed by atoms with van der Waals surface area (Å²) in [6.45, 7) is 2.88. The largest absolute Gasteiger partial charge is 0.469 e. The zero-order valence-corrected chi connectivity index (χ0v) is 20.4. The summed E-state index contributed by atoms with van der Waals surface area (Å²) in [6.07, 6.45) is 14.4. The van der Waals surface area contributed by atoms with Gasteiger partial charge in [0.2, 0.25) is 0 Å². The molecule has 1 aliphatic heterocycles. The Morgan fingerprint density at radius 2 is 1.67 bits per heavy atom. The number of likely N-dealkylation sites (tertiary alicyclic amines) is 1. The van der Waals surface area contributed by atoms with Crippen LogP contribution in [0.5, 0.6) is 0 Å². The predicted molar refractivity (Wildman–Crippen MR) is 132 cm³/mol. The lowest BCUT2D eigenvalue weighted by Crippen LogP contribution is -2.54. The van der Waals surface area contributed by atoms with Gasteiger partial charge in [0.15, 0.2) is 5.96 Å². The van der Waals surface area contributed by atoms with Crippen molar-refractivity contribution >= 4 is 29.9 Å². The molecule has 7 heteroatoms. The van der Waals surface area contributed by atoms with Gasteiger partial charge in [-0.25, -0.2) is 0 Å². The molecule has 170 valence electrons. The topological polar surface area (TPSA) is 73.0 Å². The van der Waals surface area contributed by atoms with Gasteiger partial charge in [0.05, 0.1) is 12.4 Å². The summed E-state index contributed by atoms with van der Waals surface area (Å²) >= 11 is 0.